The van der Waals surface area contributed by atoms with Crippen LogP contribution in [0.4, 0.5) is 18.9 Å². The molecule has 0 aliphatic carbocycles. The average Bonchev–Trinajstić information content (AvgIpc) is 3.43. The lowest BCUT2D eigenvalue weighted by atomic mass is 9.98. The predicted octanol–water partition coefficient (Wildman–Crippen LogP) is 3.71. The van der Waals surface area contributed by atoms with E-state index in [4.69, 9.17) is 4.74 Å². The van der Waals surface area contributed by atoms with Gasteiger partial charge in [-0.15, -0.1) is 10.2 Å². The number of aromatic nitrogens is 6. The number of carbonyl (C=O) groups excluding carboxylic acids is 1. The minimum Gasteiger partial charge on any atom is -0.379 e. The van der Waals surface area contributed by atoms with Gasteiger partial charge in [-0.05, 0) is 69.7 Å². The Hall–Kier alpha value is -4.33. The molecule has 0 saturated carbocycles. The van der Waals surface area contributed by atoms with E-state index in [9.17, 15) is 22.8 Å². The molecule has 1 aliphatic heterocycles. The molecule has 2 aromatic heterocycles. The Bertz CT molecular complexity index is 1610. The molecule has 0 bridgehead atoms. The van der Waals surface area contributed by atoms with Crippen molar-refractivity contribution in [3.05, 3.63) is 75.1 Å². The average molecular weight is 571 g/mol. The molecule has 1 aliphatic rings. The van der Waals surface area contributed by atoms with Gasteiger partial charge in [-0.3, -0.25) is 14.2 Å². The fourth-order valence-corrected chi connectivity index (χ4v) is 5.14. The van der Waals surface area contributed by atoms with Crippen molar-refractivity contribution >= 4 is 22.5 Å². The van der Waals surface area contributed by atoms with E-state index < -0.39 is 23.3 Å². The van der Waals surface area contributed by atoms with E-state index in [1.807, 2.05) is 13.8 Å². The maximum absolute atomic E-state index is 14.2. The van der Waals surface area contributed by atoms with Crippen LogP contribution in [0.5, 0.6) is 0 Å². The number of ether oxygens (including phenoxy) is 1. The van der Waals surface area contributed by atoms with Crippen molar-refractivity contribution in [3.8, 4) is 0 Å². The molecule has 4 aromatic rings. The SMILES string of the molecule is Cc1nc2cc(C(F)(F)F)c([C@H](C)Nc3ccc(C(=O)N4C[C@@H](C)O[C@@H](C)C4)cc3)cc2c(=O)n1Cc1nn[nH]n1. The molecule has 0 radical (unpaired) electrons. The normalized spacial score (nSPS) is 18.5. The van der Waals surface area contributed by atoms with Crippen LogP contribution in [0.25, 0.3) is 10.9 Å². The van der Waals surface area contributed by atoms with Crippen molar-refractivity contribution < 1.29 is 22.7 Å². The molecule has 14 heteroatoms. The highest BCUT2D eigenvalue weighted by Crippen LogP contribution is 2.37. The summed E-state index contributed by atoms with van der Waals surface area (Å²) in [5.74, 6) is 0.313. The molecule has 0 unspecified atom stereocenters. The number of hydrogen-bond donors (Lipinski definition) is 2. The molecular formula is C27H29F3N8O3. The van der Waals surface area contributed by atoms with Gasteiger partial charge in [0.2, 0.25) is 0 Å². The van der Waals surface area contributed by atoms with Crippen molar-refractivity contribution in [1.82, 2.24) is 35.1 Å². The lowest BCUT2D eigenvalue weighted by molar-refractivity contribution is -0.138. The highest BCUT2D eigenvalue weighted by atomic mass is 19.4. The minimum absolute atomic E-state index is 0.0330. The van der Waals surface area contributed by atoms with Crippen molar-refractivity contribution in [2.75, 3.05) is 18.4 Å². The van der Waals surface area contributed by atoms with E-state index in [1.165, 1.54) is 17.6 Å². The summed E-state index contributed by atoms with van der Waals surface area (Å²) in [6, 6.07) is 7.86. The Morgan fingerprint density at radius 2 is 1.85 bits per heavy atom. The number of morpholine rings is 1. The standard InChI is InChI=1S/C27H29F3N8O3/c1-14-11-37(12-15(2)41-14)25(39)18-5-7-19(8-6-18)31-16(3)20-9-21-23(10-22(20)27(28,29)30)32-17(4)38(26(21)40)13-24-33-35-36-34-24/h5-10,14-16,31H,11-13H2,1-4H3,(H,33,34,35,36)/t14-,15+,16-/m0/s1. The largest absolute Gasteiger partial charge is 0.416 e. The molecule has 1 amide bonds. The number of tetrazole rings is 1. The number of rotatable bonds is 6. The van der Waals surface area contributed by atoms with Crippen LogP contribution in [0.1, 0.15) is 59.9 Å². The van der Waals surface area contributed by atoms with Crippen molar-refractivity contribution in [2.24, 2.45) is 0 Å². The lowest BCUT2D eigenvalue weighted by Gasteiger charge is -2.35. The second-order valence-electron chi connectivity index (χ2n) is 10.2. The zero-order valence-electron chi connectivity index (χ0n) is 22.9. The van der Waals surface area contributed by atoms with E-state index in [0.717, 1.165) is 6.07 Å². The molecule has 216 valence electrons. The lowest BCUT2D eigenvalue weighted by Crippen LogP contribution is -2.48. The third-order valence-corrected chi connectivity index (χ3v) is 7.00. The van der Waals surface area contributed by atoms with Crippen LogP contribution < -0.4 is 10.9 Å². The smallest absolute Gasteiger partial charge is 0.379 e. The van der Waals surface area contributed by atoms with Crippen LogP contribution in [-0.2, 0) is 17.5 Å². The van der Waals surface area contributed by atoms with E-state index in [2.05, 4.69) is 30.9 Å². The van der Waals surface area contributed by atoms with E-state index in [0.29, 0.717) is 24.3 Å². The maximum Gasteiger partial charge on any atom is 0.416 e. The number of carbonyl (C=O) groups is 1. The molecule has 3 heterocycles. The first-order chi connectivity index (χ1) is 19.4. The van der Waals surface area contributed by atoms with Gasteiger partial charge in [0.05, 0.1) is 35.2 Å². The number of H-pyrrole nitrogens is 1. The molecule has 5 rings (SSSR count). The number of hydrogen-bond acceptors (Lipinski definition) is 8. The third kappa shape index (κ3) is 5.92. The Morgan fingerprint density at radius 1 is 1.17 bits per heavy atom. The van der Waals surface area contributed by atoms with E-state index in [-0.39, 0.29) is 52.8 Å². The van der Waals surface area contributed by atoms with Crippen LogP contribution in [0.3, 0.4) is 0 Å². The number of alkyl halides is 3. The summed E-state index contributed by atoms with van der Waals surface area (Å²) in [5.41, 5.74) is -0.606. The summed E-state index contributed by atoms with van der Waals surface area (Å²) in [6.45, 7) is 7.84. The Kier molecular flexibility index (Phi) is 7.51. The second-order valence-corrected chi connectivity index (χ2v) is 10.2. The number of nitrogens with one attached hydrogen (secondary N) is 2. The Balaban J connectivity index is 1.44. The fourth-order valence-electron chi connectivity index (χ4n) is 5.14. The van der Waals surface area contributed by atoms with Crippen molar-refractivity contribution in [1.29, 1.82) is 0 Å². The quantitative estimate of drug-likeness (QED) is 0.359. The topological polar surface area (TPSA) is 131 Å². The first kappa shape index (κ1) is 28.2. The number of fused-ring (bicyclic) bond motifs is 1. The van der Waals surface area contributed by atoms with Crippen LogP contribution >= 0.6 is 0 Å². The molecule has 0 spiro atoms. The van der Waals surface area contributed by atoms with Crippen LogP contribution in [0.2, 0.25) is 0 Å². The van der Waals surface area contributed by atoms with Gasteiger partial charge in [0.15, 0.2) is 5.82 Å². The number of benzene rings is 2. The Morgan fingerprint density at radius 3 is 2.46 bits per heavy atom. The summed E-state index contributed by atoms with van der Waals surface area (Å²) < 4.78 is 49.5. The molecular weight excluding hydrogens is 541 g/mol. The van der Waals surface area contributed by atoms with Crippen LogP contribution in [0, 0.1) is 6.92 Å². The van der Waals surface area contributed by atoms with Gasteiger partial charge in [0.25, 0.3) is 11.5 Å². The zero-order valence-corrected chi connectivity index (χ0v) is 22.9. The van der Waals surface area contributed by atoms with Gasteiger partial charge in [-0.2, -0.15) is 18.4 Å². The number of anilines is 1. The third-order valence-electron chi connectivity index (χ3n) is 7.00. The second kappa shape index (κ2) is 10.9. The highest BCUT2D eigenvalue weighted by Gasteiger charge is 2.36. The monoisotopic (exact) mass is 570 g/mol. The maximum atomic E-state index is 14.2. The minimum atomic E-state index is -4.68. The molecule has 2 aromatic carbocycles. The van der Waals surface area contributed by atoms with E-state index in [1.54, 1.807) is 36.1 Å². The van der Waals surface area contributed by atoms with Gasteiger partial charge < -0.3 is 15.0 Å². The fraction of sp³-hybridized carbons (Fsp3) is 0.407. The van der Waals surface area contributed by atoms with E-state index >= 15 is 0 Å². The highest BCUT2D eigenvalue weighted by molar-refractivity contribution is 5.94. The van der Waals surface area contributed by atoms with Gasteiger partial charge >= 0.3 is 6.18 Å². The summed E-state index contributed by atoms with van der Waals surface area (Å²) >= 11 is 0. The summed E-state index contributed by atoms with van der Waals surface area (Å²) in [6.07, 6.45) is -4.83. The van der Waals surface area contributed by atoms with Crippen molar-refractivity contribution in [2.45, 2.75) is 58.7 Å². The number of amides is 1. The number of halogens is 3. The van der Waals surface area contributed by atoms with Crippen molar-refractivity contribution in [3.63, 3.8) is 0 Å². The predicted molar refractivity (Wildman–Crippen MR) is 143 cm³/mol. The summed E-state index contributed by atoms with van der Waals surface area (Å²) in [4.78, 5) is 32.3. The molecule has 2 N–H and O–H groups in total. The molecule has 11 nitrogen and oxygen atoms in total. The summed E-state index contributed by atoms with van der Waals surface area (Å²) in [5, 5.41) is 16.6. The van der Waals surface area contributed by atoms with Gasteiger partial charge in [-0.1, -0.05) is 5.21 Å². The van der Waals surface area contributed by atoms with Crippen LogP contribution in [0.15, 0.2) is 41.2 Å². The molecule has 1 fully saturated rings. The number of aromatic amines is 1. The first-order valence-electron chi connectivity index (χ1n) is 13.1. The molecule has 1 saturated heterocycles. The number of aryl methyl sites for hydroxylation is 1. The van der Waals surface area contributed by atoms with Crippen LogP contribution in [-0.4, -0.2) is 66.3 Å². The van der Waals surface area contributed by atoms with Gasteiger partial charge in [0.1, 0.15) is 5.82 Å². The van der Waals surface area contributed by atoms with Gasteiger partial charge in [-0.25, -0.2) is 4.98 Å². The molecule has 41 heavy (non-hydrogen) atoms. The zero-order chi connectivity index (χ0) is 29.5. The molecule has 3 atom stereocenters. The van der Waals surface area contributed by atoms with Gasteiger partial charge in [0, 0.05) is 30.4 Å². The Labute approximate surface area is 232 Å². The first-order valence-corrected chi connectivity index (χ1v) is 13.1. The number of nitrogens with zero attached hydrogens (tertiary/aromatic N) is 6. The summed E-state index contributed by atoms with van der Waals surface area (Å²) in [7, 11) is 0.